The van der Waals surface area contributed by atoms with Gasteiger partial charge in [-0.2, -0.15) is 0 Å². The number of aliphatic hydroxyl groups excluding tert-OH is 1. The van der Waals surface area contributed by atoms with Gasteiger partial charge in [0.1, 0.15) is 18.5 Å². The van der Waals surface area contributed by atoms with E-state index in [2.05, 4.69) is 43.4 Å². The molecule has 152 valence electrons. The number of β-amino-alcohol motifs (C(OH)–C–C–N with tert-alkyl or cyclic N) is 1. The molecule has 0 fully saturated rings. The van der Waals surface area contributed by atoms with Crippen LogP contribution in [0.5, 0.6) is 5.75 Å². The second kappa shape index (κ2) is 9.21. The highest BCUT2D eigenvalue weighted by molar-refractivity contribution is 7.84. The van der Waals surface area contributed by atoms with Crippen LogP contribution in [0.15, 0.2) is 53.4 Å². The van der Waals surface area contributed by atoms with Crippen LogP contribution in [0.2, 0.25) is 0 Å². The summed E-state index contributed by atoms with van der Waals surface area (Å²) in [5.74, 6) is 1.21. The quantitative estimate of drug-likeness (QED) is 0.677. The average molecular weight is 402 g/mol. The Morgan fingerprint density at radius 2 is 1.75 bits per heavy atom. The monoisotopic (exact) mass is 401 g/mol. The van der Waals surface area contributed by atoms with Gasteiger partial charge < -0.3 is 15.2 Å². The van der Waals surface area contributed by atoms with Gasteiger partial charge in [-0.15, -0.1) is 0 Å². The number of ether oxygens (including phenoxy) is 1. The molecule has 0 spiro atoms. The first-order valence-corrected chi connectivity index (χ1v) is 11.4. The lowest BCUT2D eigenvalue weighted by molar-refractivity contribution is 0.0953. The van der Waals surface area contributed by atoms with Crippen molar-refractivity contribution in [1.29, 1.82) is 0 Å². The number of para-hydroxylation sites is 1. The maximum Gasteiger partial charge on any atom is 0.135 e. The molecular formula is C23H31NO3S. The number of hydrogen-bond donors (Lipinski definition) is 2. The van der Waals surface area contributed by atoms with E-state index in [0.29, 0.717) is 23.1 Å². The van der Waals surface area contributed by atoms with Crippen molar-refractivity contribution in [3.8, 4) is 5.75 Å². The standard InChI is InChI=1S/C23H31NO3S/c1-23(2,14-17-12-18-8-4-5-9-19(18)13-17)24-15-20(25)16-27-21-10-6-7-11-22(21)28(3)26/h4-11,17,20,24-25H,12-16H2,1-3H3/t20-,28?/m1/s1. The minimum Gasteiger partial charge on any atom is -0.490 e. The average Bonchev–Trinajstić information content (AvgIpc) is 3.06. The summed E-state index contributed by atoms with van der Waals surface area (Å²) in [6.45, 7) is 5.02. The van der Waals surface area contributed by atoms with Gasteiger partial charge in [0.2, 0.25) is 0 Å². The zero-order chi connectivity index (χ0) is 20.1. The molecule has 0 aliphatic heterocycles. The van der Waals surface area contributed by atoms with Gasteiger partial charge in [0, 0.05) is 18.3 Å². The Hall–Kier alpha value is -1.69. The molecule has 0 amide bonds. The maximum atomic E-state index is 11.8. The summed E-state index contributed by atoms with van der Waals surface area (Å²) in [5.41, 5.74) is 2.89. The zero-order valence-corrected chi connectivity index (χ0v) is 17.8. The molecule has 0 saturated carbocycles. The molecule has 1 aliphatic rings. The van der Waals surface area contributed by atoms with E-state index in [9.17, 15) is 9.32 Å². The van der Waals surface area contributed by atoms with Crippen molar-refractivity contribution in [2.75, 3.05) is 19.4 Å². The molecule has 1 unspecified atom stereocenters. The van der Waals surface area contributed by atoms with E-state index in [1.54, 1.807) is 18.4 Å². The molecule has 4 nitrogen and oxygen atoms in total. The Morgan fingerprint density at radius 1 is 1.14 bits per heavy atom. The number of rotatable bonds is 9. The zero-order valence-electron chi connectivity index (χ0n) is 17.0. The Morgan fingerprint density at radius 3 is 2.39 bits per heavy atom. The predicted molar refractivity (Wildman–Crippen MR) is 114 cm³/mol. The number of benzene rings is 2. The lowest BCUT2D eigenvalue weighted by Gasteiger charge is -2.30. The summed E-state index contributed by atoms with van der Waals surface area (Å²) in [4.78, 5) is 0.656. The van der Waals surface area contributed by atoms with Gasteiger partial charge in [-0.05, 0) is 62.3 Å². The van der Waals surface area contributed by atoms with E-state index in [-0.39, 0.29) is 12.1 Å². The van der Waals surface area contributed by atoms with Crippen molar-refractivity contribution in [3.63, 3.8) is 0 Å². The highest BCUT2D eigenvalue weighted by Crippen LogP contribution is 2.31. The summed E-state index contributed by atoms with van der Waals surface area (Å²) < 4.78 is 17.5. The Balaban J connectivity index is 1.45. The molecule has 3 rings (SSSR count). The van der Waals surface area contributed by atoms with Crippen molar-refractivity contribution < 1.29 is 14.1 Å². The number of aliphatic hydroxyl groups is 1. The van der Waals surface area contributed by atoms with Crippen molar-refractivity contribution in [2.24, 2.45) is 5.92 Å². The van der Waals surface area contributed by atoms with Crippen LogP contribution in [0.25, 0.3) is 0 Å². The summed E-state index contributed by atoms with van der Waals surface area (Å²) >= 11 is 0. The molecular weight excluding hydrogens is 370 g/mol. The molecule has 2 aromatic carbocycles. The molecule has 0 aromatic heterocycles. The normalized spacial score (nSPS) is 16.6. The molecule has 0 radical (unpaired) electrons. The van der Waals surface area contributed by atoms with Gasteiger partial charge in [-0.1, -0.05) is 36.4 Å². The fourth-order valence-electron chi connectivity index (χ4n) is 4.03. The van der Waals surface area contributed by atoms with Gasteiger partial charge >= 0.3 is 0 Å². The van der Waals surface area contributed by atoms with E-state index < -0.39 is 16.9 Å². The summed E-state index contributed by atoms with van der Waals surface area (Å²) in [6.07, 6.45) is 4.34. The molecule has 0 saturated heterocycles. The first-order valence-electron chi connectivity index (χ1n) is 9.89. The SMILES string of the molecule is CS(=O)c1ccccc1OC[C@H](O)CNC(C)(C)CC1Cc2ccccc2C1. The van der Waals surface area contributed by atoms with Crippen LogP contribution in [0.4, 0.5) is 0 Å². The topological polar surface area (TPSA) is 58.6 Å². The van der Waals surface area contributed by atoms with Crippen LogP contribution in [0.3, 0.4) is 0 Å². The number of hydrogen-bond acceptors (Lipinski definition) is 4. The summed E-state index contributed by atoms with van der Waals surface area (Å²) in [6, 6.07) is 16.0. The van der Waals surface area contributed by atoms with Gasteiger partial charge in [-0.3, -0.25) is 4.21 Å². The highest BCUT2D eigenvalue weighted by Gasteiger charge is 2.28. The second-order valence-corrected chi connectivity index (χ2v) is 9.73. The van der Waals surface area contributed by atoms with Crippen LogP contribution in [-0.2, 0) is 23.6 Å². The molecule has 0 heterocycles. The molecule has 2 aromatic rings. The third-order valence-electron chi connectivity index (χ3n) is 5.34. The van der Waals surface area contributed by atoms with Gasteiger partial charge in [0.15, 0.2) is 0 Å². The first kappa shape index (κ1) is 21.0. The minimum absolute atomic E-state index is 0.0590. The van der Waals surface area contributed by atoms with Gasteiger partial charge in [0.25, 0.3) is 0 Å². The molecule has 0 bridgehead atoms. The number of fused-ring (bicyclic) bond motifs is 1. The predicted octanol–water partition coefficient (Wildman–Crippen LogP) is 3.34. The highest BCUT2D eigenvalue weighted by atomic mass is 32.2. The summed E-state index contributed by atoms with van der Waals surface area (Å²) in [7, 11) is -1.12. The largest absolute Gasteiger partial charge is 0.490 e. The van der Waals surface area contributed by atoms with Crippen LogP contribution >= 0.6 is 0 Å². The van der Waals surface area contributed by atoms with Crippen LogP contribution in [0.1, 0.15) is 31.4 Å². The third-order valence-corrected chi connectivity index (χ3v) is 6.30. The van der Waals surface area contributed by atoms with Crippen molar-refractivity contribution >= 4 is 10.8 Å². The fraction of sp³-hybridized carbons (Fsp3) is 0.478. The molecule has 5 heteroatoms. The Labute approximate surface area is 170 Å². The minimum atomic E-state index is -1.12. The van der Waals surface area contributed by atoms with Crippen LogP contribution in [0, 0.1) is 5.92 Å². The van der Waals surface area contributed by atoms with Crippen LogP contribution in [-0.4, -0.2) is 40.4 Å². The fourth-order valence-corrected chi connectivity index (χ4v) is 4.71. The Bertz CT molecular complexity index is 796. The lowest BCUT2D eigenvalue weighted by Crippen LogP contribution is -2.46. The van der Waals surface area contributed by atoms with Crippen molar-refractivity contribution in [2.45, 2.75) is 49.6 Å². The van der Waals surface area contributed by atoms with Crippen molar-refractivity contribution in [1.82, 2.24) is 5.32 Å². The summed E-state index contributed by atoms with van der Waals surface area (Å²) in [5, 5.41) is 13.8. The molecule has 28 heavy (non-hydrogen) atoms. The van der Waals surface area contributed by atoms with E-state index in [1.807, 2.05) is 12.1 Å². The molecule has 2 N–H and O–H groups in total. The van der Waals surface area contributed by atoms with E-state index in [4.69, 9.17) is 4.74 Å². The molecule has 2 atom stereocenters. The second-order valence-electron chi connectivity index (χ2n) is 8.38. The van der Waals surface area contributed by atoms with E-state index in [1.165, 1.54) is 11.1 Å². The van der Waals surface area contributed by atoms with E-state index >= 15 is 0 Å². The van der Waals surface area contributed by atoms with E-state index in [0.717, 1.165) is 19.3 Å². The van der Waals surface area contributed by atoms with Crippen LogP contribution < -0.4 is 10.1 Å². The lowest BCUT2D eigenvalue weighted by atomic mass is 9.88. The maximum absolute atomic E-state index is 11.8. The first-order chi connectivity index (χ1) is 13.3. The third kappa shape index (κ3) is 5.66. The molecule has 1 aliphatic carbocycles. The number of nitrogens with one attached hydrogen (secondary N) is 1. The smallest absolute Gasteiger partial charge is 0.135 e. The van der Waals surface area contributed by atoms with Gasteiger partial charge in [-0.25, -0.2) is 0 Å². The Kier molecular flexibility index (Phi) is 6.91. The van der Waals surface area contributed by atoms with Gasteiger partial charge in [0.05, 0.1) is 15.7 Å². The van der Waals surface area contributed by atoms with Crippen molar-refractivity contribution in [3.05, 3.63) is 59.7 Å².